The molecule has 1 aliphatic rings. The summed E-state index contributed by atoms with van der Waals surface area (Å²) in [4.78, 5) is 35.6. The number of fused-ring (bicyclic) bond motifs is 3. The number of hydrogen-bond acceptors (Lipinski definition) is 5. The number of carboxylic acid groups (broad SMARTS) is 1. The van der Waals surface area contributed by atoms with E-state index < -0.39 is 35.9 Å². The van der Waals surface area contributed by atoms with Crippen molar-refractivity contribution in [2.24, 2.45) is 0 Å². The van der Waals surface area contributed by atoms with Crippen LogP contribution in [0.1, 0.15) is 38.0 Å². The van der Waals surface area contributed by atoms with Crippen LogP contribution in [0.2, 0.25) is 0 Å². The Hall–Kier alpha value is -3.55. The Labute approximate surface area is 174 Å². The highest BCUT2D eigenvalue weighted by atomic mass is 16.6. The number of alkyl carbamates (subject to hydrolysis) is 2. The number of amides is 2. The van der Waals surface area contributed by atoms with Gasteiger partial charge in [-0.1, -0.05) is 48.5 Å². The number of ether oxygens (including phenoxy) is 2. The van der Waals surface area contributed by atoms with E-state index in [-0.39, 0.29) is 6.54 Å². The molecule has 0 spiro atoms. The van der Waals surface area contributed by atoms with E-state index in [1.165, 1.54) is 0 Å². The lowest BCUT2D eigenvalue weighted by molar-refractivity contribution is -0.139. The number of carbonyl (C=O) groups excluding carboxylic acids is 2. The van der Waals surface area contributed by atoms with Crippen LogP contribution in [0.15, 0.2) is 48.5 Å². The molecule has 3 N–H and O–H groups in total. The standard InChI is InChI=1S/C22H24N2O6/c1-22(2,3)30-21(28)24-17(19(25)26)12-23-20(27)29-18-15-10-6-4-8-13(15)14-9-5-7-11-16(14)18/h4-11,17-18H,12H2,1-3H3,(H,23,27)(H,24,28)(H,25,26). The molecule has 2 aromatic carbocycles. The van der Waals surface area contributed by atoms with Crippen LogP contribution in [0.25, 0.3) is 11.1 Å². The quantitative estimate of drug-likeness (QED) is 0.693. The molecule has 30 heavy (non-hydrogen) atoms. The van der Waals surface area contributed by atoms with E-state index in [1.807, 2.05) is 48.5 Å². The van der Waals surface area contributed by atoms with Crippen LogP contribution in [-0.4, -0.2) is 41.4 Å². The van der Waals surface area contributed by atoms with Gasteiger partial charge in [-0.15, -0.1) is 0 Å². The fraction of sp³-hybridized carbons (Fsp3) is 0.318. The first-order valence-electron chi connectivity index (χ1n) is 9.51. The summed E-state index contributed by atoms with van der Waals surface area (Å²) >= 11 is 0. The van der Waals surface area contributed by atoms with Crippen LogP contribution < -0.4 is 10.6 Å². The number of benzene rings is 2. The summed E-state index contributed by atoms with van der Waals surface area (Å²) in [6.07, 6.45) is -2.27. The lowest BCUT2D eigenvalue weighted by Gasteiger charge is -2.22. The Morgan fingerprint density at radius 3 is 2.00 bits per heavy atom. The summed E-state index contributed by atoms with van der Waals surface area (Å²) in [5, 5.41) is 13.9. The summed E-state index contributed by atoms with van der Waals surface area (Å²) in [5.41, 5.74) is 2.91. The number of hydrogen-bond donors (Lipinski definition) is 3. The molecular weight excluding hydrogens is 388 g/mol. The van der Waals surface area contributed by atoms with E-state index in [4.69, 9.17) is 9.47 Å². The monoisotopic (exact) mass is 412 g/mol. The molecule has 0 bridgehead atoms. The molecule has 0 aromatic heterocycles. The van der Waals surface area contributed by atoms with Gasteiger partial charge in [0.15, 0.2) is 6.10 Å². The van der Waals surface area contributed by atoms with Crippen LogP contribution in [0, 0.1) is 0 Å². The SMILES string of the molecule is CC(C)(C)OC(=O)NC(CNC(=O)OC1c2ccccc2-c2ccccc21)C(=O)O. The zero-order valence-electron chi connectivity index (χ0n) is 17.0. The number of aliphatic carboxylic acids is 1. The normalized spacial score (nSPS) is 13.6. The minimum absolute atomic E-state index is 0.358. The van der Waals surface area contributed by atoms with Gasteiger partial charge in [-0.2, -0.15) is 0 Å². The van der Waals surface area contributed by atoms with Crippen LogP contribution in [0.3, 0.4) is 0 Å². The highest BCUT2D eigenvalue weighted by molar-refractivity contribution is 5.82. The van der Waals surface area contributed by atoms with Crippen molar-refractivity contribution in [2.45, 2.75) is 38.5 Å². The van der Waals surface area contributed by atoms with Gasteiger partial charge in [-0.05, 0) is 31.9 Å². The van der Waals surface area contributed by atoms with E-state index in [2.05, 4.69) is 10.6 Å². The fourth-order valence-electron chi connectivity index (χ4n) is 3.22. The highest BCUT2D eigenvalue weighted by Gasteiger charge is 2.31. The summed E-state index contributed by atoms with van der Waals surface area (Å²) < 4.78 is 10.6. The Balaban J connectivity index is 1.64. The molecule has 3 rings (SSSR count). The van der Waals surface area contributed by atoms with Crippen LogP contribution in [0.4, 0.5) is 9.59 Å². The maximum atomic E-state index is 12.4. The topological polar surface area (TPSA) is 114 Å². The van der Waals surface area contributed by atoms with Gasteiger partial charge >= 0.3 is 18.2 Å². The smallest absolute Gasteiger partial charge is 0.408 e. The van der Waals surface area contributed by atoms with Gasteiger partial charge in [0.2, 0.25) is 0 Å². The number of rotatable bonds is 5. The average Bonchev–Trinajstić information content (AvgIpc) is 2.98. The molecule has 8 heteroatoms. The Morgan fingerprint density at radius 2 is 1.50 bits per heavy atom. The summed E-state index contributed by atoms with van der Waals surface area (Å²) in [6, 6.07) is 13.9. The van der Waals surface area contributed by atoms with E-state index >= 15 is 0 Å². The first-order chi connectivity index (χ1) is 14.2. The molecule has 0 heterocycles. The summed E-state index contributed by atoms with van der Waals surface area (Å²) in [7, 11) is 0. The molecule has 0 radical (unpaired) electrons. The summed E-state index contributed by atoms with van der Waals surface area (Å²) in [6.45, 7) is 4.63. The van der Waals surface area contributed by atoms with Gasteiger partial charge in [0.25, 0.3) is 0 Å². The van der Waals surface area contributed by atoms with Crippen molar-refractivity contribution in [3.05, 3.63) is 59.7 Å². The molecule has 8 nitrogen and oxygen atoms in total. The number of carboxylic acids is 1. The molecule has 1 unspecified atom stereocenters. The van der Waals surface area contributed by atoms with E-state index in [1.54, 1.807) is 20.8 Å². The zero-order chi connectivity index (χ0) is 21.9. The second-order valence-electron chi connectivity index (χ2n) is 7.88. The minimum atomic E-state index is -1.37. The van der Waals surface area contributed by atoms with Gasteiger partial charge in [-0.3, -0.25) is 0 Å². The van der Waals surface area contributed by atoms with Crippen molar-refractivity contribution in [1.29, 1.82) is 0 Å². The van der Waals surface area contributed by atoms with Gasteiger partial charge in [0.1, 0.15) is 11.6 Å². The van der Waals surface area contributed by atoms with Crippen molar-refractivity contribution in [3.63, 3.8) is 0 Å². The molecule has 0 saturated heterocycles. The predicted molar refractivity (Wildman–Crippen MR) is 109 cm³/mol. The van der Waals surface area contributed by atoms with Crippen LogP contribution >= 0.6 is 0 Å². The van der Waals surface area contributed by atoms with Gasteiger partial charge in [0, 0.05) is 11.1 Å². The third kappa shape index (κ3) is 4.89. The Kier molecular flexibility index (Phi) is 5.96. The maximum Gasteiger partial charge on any atom is 0.408 e. The first kappa shape index (κ1) is 21.2. The molecular formula is C22H24N2O6. The van der Waals surface area contributed by atoms with Crippen molar-refractivity contribution < 1.29 is 29.0 Å². The van der Waals surface area contributed by atoms with Crippen LogP contribution in [-0.2, 0) is 14.3 Å². The molecule has 1 atom stereocenters. The number of nitrogens with one attached hydrogen (secondary N) is 2. The highest BCUT2D eigenvalue weighted by Crippen LogP contribution is 2.44. The molecule has 0 aliphatic heterocycles. The van der Waals surface area contributed by atoms with E-state index in [0.717, 1.165) is 22.3 Å². The predicted octanol–water partition coefficient (Wildman–Crippen LogP) is 3.46. The largest absolute Gasteiger partial charge is 0.480 e. The third-order valence-electron chi connectivity index (χ3n) is 4.44. The molecule has 1 aliphatic carbocycles. The van der Waals surface area contributed by atoms with Gasteiger partial charge < -0.3 is 25.2 Å². The van der Waals surface area contributed by atoms with Crippen molar-refractivity contribution in [3.8, 4) is 11.1 Å². The molecule has 0 fully saturated rings. The molecule has 0 saturated carbocycles. The Bertz CT molecular complexity index is 921. The lowest BCUT2D eigenvalue weighted by Crippen LogP contribution is -2.49. The Morgan fingerprint density at radius 1 is 0.967 bits per heavy atom. The third-order valence-corrected chi connectivity index (χ3v) is 4.44. The average molecular weight is 412 g/mol. The van der Waals surface area contributed by atoms with E-state index in [0.29, 0.717) is 0 Å². The van der Waals surface area contributed by atoms with Crippen LogP contribution in [0.5, 0.6) is 0 Å². The lowest BCUT2D eigenvalue weighted by atomic mass is 10.1. The molecule has 2 aromatic rings. The first-order valence-corrected chi connectivity index (χ1v) is 9.51. The molecule has 158 valence electrons. The van der Waals surface area contributed by atoms with Gasteiger partial charge in [-0.25, -0.2) is 14.4 Å². The second kappa shape index (κ2) is 8.44. The van der Waals surface area contributed by atoms with Crippen molar-refractivity contribution in [1.82, 2.24) is 10.6 Å². The maximum absolute atomic E-state index is 12.4. The second-order valence-corrected chi connectivity index (χ2v) is 7.88. The summed E-state index contributed by atoms with van der Waals surface area (Å²) in [5.74, 6) is -1.31. The molecule has 2 amide bonds. The fourth-order valence-corrected chi connectivity index (χ4v) is 3.22. The van der Waals surface area contributed by atoms with Crippen molar-refractivity contribution >= 4 is 18.2 Å². The van der Waals surface area contributed by atoms with Crippen molar-refractivity contribution in [2.75, 3.05) is 6.54 Å². The zero-order valence-corrected chi connectivity index (χ0v) is 17.0. The minimum Gasteiger partial charge on any atom is -0.480 e. The van der Waals surface area contributed by atoms with E-state index in [9.17, 15) is 19.5 Å². The number of carbonyl (C=O) groups is 3. The van der Waals surface area contributed by atoms with Gasteiger partial charge in [0.05, 0.1) is 6.54 Å².